The normalized spacial score (nSPS) is 14.6. The Kier molecular flexibility index (Phi) is 5.73. The third-order valence-corrected chi connectivity index (χ3v) is 5.33. The first-order valence-corrected chi connectivity index (χ1v) is 9.75. The monoisotopic (exact) mass is 415 g/mol. The van der Waals surface area contributed by atoms with E-state index in [1.807, 2.05) is 0 Å². The second kappa shape index (κ2) is 8.05. The zero-order valence-electron chi connectivity index (χ0n) is 14.4. The predicted octanol–water partition coefficient (Wildman–Crippen LogP) is 2.79. The molecule has 3 rings (SSSR count). The molecule has 1 saturated heterocycles. The van der Waals surface area contributed by atoms with Crippen molar-refractivity contribution in [3.8, 4) is 5.88 Å². The van der Waals surface area contributed by atoms with E-state index in [0.29, 0.717) is 25.1 Å². The second-order valence-electron chi connectivity index (χ2n) is 5.93. The first-order valence-electron chi connectivity index (χ1n) is 8.26. The van der Waals surface area contributed by atoms with E-state index in [4.69, 9.17) is 4.74 Å². The lowest BCUT2D eigenvalue weighted by Gasteiger charge is -2.18. The molecule has 0 spiro atoms. The predicted molar refractivity (Wildman–Crippen MR) is 94.5 cm³/mol. The van der Waals surface area contributed by atoms with Crippen LogP contribution in [0.2, 0.25) is 0 Å². The van der Waals surface area contributed by atoms with E-state index in [1.165, 1.54) is 29.3 Å². The van der Waals surface area contributed by atoms with E-state index in [1.54, 1.807) is 0 Å². The summed E-state index contributed by atoms with van der Waals surface area (Å²) in [6.07, 6.45) is -0.630. The molecule has 1 aliphatic heterocycles. The molecule has 28 heavy (non-hydrogen) atoms. The highest BCUT2D eigenvalue weighted by Gasteiger charge is 2.25. The van der Waals surface area contributed by atoms with Gasteiger partial charge in [-0.2, -0.15) is 0 Å². The van der Waals surface area contributed by atoms with E-state index in [9.17, 15) is 26.4 Å². The van der Waals surface area contributed by atoms with Gasteiger partial charge in [-0.1, -0.05) is 0 Å². The van der Waals surface area contributed by atoms with Crippen molar-refractivity contribution in [2.75, 3.05) is 22.8 Å². The molecule has 1 aromatic heterocycles. The number of pyridine rings is 1. The Balaban J connectivity index is 1.90. The lowest BCUT2D eigenvalue weighted by atomic mass is 10.2. The van der Waals surface area contributed by atoms with E-state index in [2.05, 4.69) is 9.71 Å². The molecule has 150 valence electrons. The molecule has 0 radical (unpaired) electrons. The summed E-state index contributed by atoms with van der Waals surface area (Å²) in [7, 11) is -4.39. The van der Waals surface area contributed by atoms with Gasteiger partial charge in [-0.15, -0.1) is 0 Å². The number of carbonyl (C=O) groups is 1. The van der Waals surface area contributed by atoms with Gasteiger partial charge in [-0.25, -0.2) is 26.6 Å². The molecule has 0 unspecified atom stereocenters. The molecule has 7 nitrogen and oxygen atoms in total. The minimum atomic E-state index is -4.39. The number of nitrogens with one attached hydrogen (secondary N) is 1. The van der Waals surface area contributed by atoms with Crippen LogP contribution in [0, 0.1) is 5.82 Å². The first-order chi connectivity index (χ1) is 13.3. The fraction of sp³-hybridized carbons (Fsp3) is 0.294. The average Bonchev–Trinajstić information content (AvgIpc) is 3.08. The number of sulfonamides is 1. The molecule has 1 aliphatic rings. The van der Waals surface area contributed by atoms with Crippen LogP contribution in [0.5, 0.6) is 5.88 Å². The zero-order valence-corrected chi connectivity index (χ0v) is 15.3. The molecule has 0 atom stereocenters. The van der Waals surface area contributed by atoms with Gasteiger partial charge in [-0.05, 0) is 36.8 Å². The summed E-state index contributed by atoms with van der Waals surface area (Å²) in [6.45, 7) is -0.592. The number of rotatable bonds is 7. The summed E-state index contributed by atoms with van der Waals surface area (Å²) in [4.78, 5) is 16.4. The number of carbonyl (C=O) groups excluding carboxylic acids is 1. The van der Waals surface area contributed by atoms with Crippen LogP contribution in [0.3, 0.4) is 0 Å². The number of hydrogen-bond acceptors (Lipinski definition) is 5. The lowest BCUT2D eigenvalue weighted by molar-refractivity contribution is -0.117. The van der Waals surface area contributed by atoms with Crippen molar-refractivity contribution in [3.05, 3.63) is 42.3 Å². The number of ether oxygens (including phenoxy) is 1. The molecule has 0 bridgehead atoms. The first kappa shape index (κ1) is 19.9. The Hall–Kier alpha value is -2.82. The van der Waals surface area contributed by atoms with Crippen LogP contribution in [0.15, 0.2) is 41.4 Å². The summed E-state index contributed by atoms with van der Waals surface area (Å²) in [5, 5.41) is 0. The quantitative estimate of drug-likeness (QED) is 0.751. The number of amides is 1. The smallest absolute Gasteiger partial charge is 0.272 e. The van der Waals surface area contributed by atoms with Gasteiger partial charge in [-0.3, -0.25) is 9.52 Å². The van der Waals surface area contributed by atoms with E-state index in [0.717, 1.165) is 12.1 Å². The van der Waals surface area contributed by atoms with Gasteiger partial charge in [0.25, 0.3) is 16.4 Å². The molecule has 0 aliphatic carbocycles. The molecule has 1 fully saturated rings. The van der Waals surface area contributed by atoms with Gasteiger partial charge in [0.05, 0.1) is 5.69 Å². The maximum Gasteiger partial charge on any atom is 0.272 e. The maximum absolute atomic E-state index is 14.2. The Morgan fingerprint density at radius 1 is 1.29 bits per heavy atom. The molecule has 1 N–H and O–H groups in total. The van der Waals surface area contributed by atoms with Crippen LogP contribution >= 0.6 is 0 Å². The highest BCUT2D eigenvalue weighted by atomic mass is 32.2. The standard InChI is InChI=1S/C17H16F3N3O4S/c18-12-6-5-11(23-8-2-4-16(23)24)9-13(12)22-28(25,26)14-3-1-7-21-17(14)27-10-15(19)20/h1,3,5-7,9,15,22H,2,4,8,10H2. The Labute approximate surface area is 159 Å². The molecular weight excluding hydrogens is 399 g/mol. The number of aromatic nitrogens is 1. The highest BCUT2D eigenvalue weighted by Crippen LogP contribution is 2.29. The number of hydrogen-bond donors (Lipinski definition) is 1. The summed E-state index contributed by atoms with van der Waals surface area (Å²) >= 11 is 0. The Bertz CT molecular complexity index is 985. The van der Waals surface area contributed by atoms with E-state index < -0.39 is 39.6 Å². The number of benzene rings is 1. The maximum atomic E-state index is 14.2. The topological polar surface area (TPSA) is 88.6 Å². The number of nitrogens with zero attached hydrogens (tertiary/aromatic N) is 2. The van der Waals surface area contributed by atoms with Gasteiger partial charge < -0.3 is 9.64 Å². The number of halogens is 3. The van der Waals surface area contributed by atoms with Gasteiger partial charge in [0, 0.05) is 24.8 Å². The molecule has 1 aromatic carbocycles. The van der Waals surface area contributed by atoms with Crippen molar-refractivity contribution < 1.29 is 31.1 Å². The second-order valence-corrected chi connectivity index (χ2v) is 7.58. The Morgan fingerprint density at radius 3 is 2.75 bits per heavy atom. The molecule has 1 amide bonds. The fourth-order valence-corrected chi connectivity index (χ4v) is 3.87. The largest absolute Gasteiger partial charge is 0.471 e. The molecule has 11 heteroatoms. The third kappa shape index (κ3) is 4.35. The minimum absolute atomic E-state index is 0.143. The molecular formula is C17H16F3N3O4S. The lowest BCUT2D eigenvalue weighted by Crippen LogP contribution is -2.24. The SMILES string of the molecule is O=C1CCCN1c1ccc(F)c(NS(=O)(=O)c2cccnc2OCC(F)F)c1. The molecule has 2 heterocycles. The third-order valence-electron chi connectivity index (χ3n) is 3.95. The summed E-state index contributed by atoms with van der Waals surface area (Å²) in [6, 6.07) is 5.99. The summed E-state index contributed by atoms with van der Waals surface area (Å²) in [5.41, 5.74) is -0.0391. The molecule has 2 aromatic rings. The van der Waals surface area contributed by atoms with Crippen molar-refractivity contribution in [1.29, 1.82) is 0 Å². The minimum Gasteiger partial charge on any atom is -0.471 e. The molecule has 0 saturated carbocycles. The van der Waals surface area contributed by atoms with Crippen LogP contribution in [-0.2, 0) is 14.8 Å². The van der Waals surface area contributed by atoms with Gasteiger partial charge in [0.15, 0.2) is 6.61 Å². The highest BCUT2D eigenvalue weighted by molar-refractivity contribution is 7.92. The average molecular weight is 415 g/mol. The van der Waals surface area contributed by atoms with E-state index >= 15 is 0 Å². The summed E-state index contributed by atoms with van der Waals surface area (Å²) < 4.78 is 71.0. The zero-order chi connectivity index (χ0) is 20.3. The van der Waals surface area contributed by atoms with Crippen LogP contribution in [0.25, 0.3) is 0 Å². The van der Waals surface area contributed by atoms with Crippen molar-refractivity contribution >= 4 is 27.3 Å². The summed E-state index contributed by atoms with van der Waals surface area (Å²) in [5.74, 6) is -1.53. The van der Waals surface area contributed by atoms with Crippen molar-refractivity contribution in [1.82, 2.24) is 4.98 Å². The van der Waals surface area contributed by atoms with Crippen molar-refractivity contribution in [3.63, 3.8) is 0 Å². The van der Waals surface area contributed by atoms with Crippen molar-refractivity contribution in [2.45, 2.75) is 24.2 Å². The Morgan fingerprint density at radius 2 is 2.07 bits per heavy atom. The van der Waals surface area contributed by atoms with Crippen LogP contribution in [0.4, 0.5) is 24.5 Å². The number of anilines is 2. The van der Waals surface area contributed by atoms with Gasteiger partial charge >= 0.3 is 0 Å². The van der Waals surface area contributed by atoms with Crippen molar-refractivity contribution in [2.24, 2.45) is 0 Å². The van der Waals surface area contributed by atoms with E-state index in [-0.39, 0.29) is 11.6 Å². The fourth-order valence-electron chi connectivity index (χ4n) is 2.71. The number of alkyl halides is 2. The van der Waals surface area contributed by atoms with Crippen LogP contribution in [0.1, 0.15) is 12.8 Å². The van der Waals surface area contributed by atoms with Crippen LogP contribution in [-0.4, -0.2) is 38.9 Å². The van der Waals surface area contributed by atoms with Crippen LogP contribution < -0.4 is 14.4 Å². The van der Waals surface area contributed by atoms with Gasteiger partial charge in [0.1, 0.15) is 10.7 Å². The van der Waals surface area contributed by atoms with Gasteiger partial charge in [0.2, 0.25) is 11.8 Å².